The van der Waals surface area contributed by atoms with Crippen LogP contribution >= 0.6 is 24.0 Å². The number of carbonyl (C=O) groups is 3. The standard InChI is InChI=1S/C43H39ClFN7O6.ClH/c1-52(29-14-17-30(42(55)58-4)25(20-29)8-6-18-46)37(53)11-7-19-47-41(54)32-16-13-28(22-36(32)57-3)50-43-49-24-26-23-48-40(38-34(45)9-5-10-35(38)56-2)33-21-27(44)12-15-31(33)39(26)51-43;/h5,9-10,12-17,20-22,24H,7,11,18-19,23,46H2,1-4H3,(H,47,54)(H,49,50,51);1H. The average Bonchev–Trinajstić information content (AvgIpc) is 3.39. The molecule has 16 heteroatoms. The molecule has 0 saturated heterocycles. The normalized spacial score (nSPS) is 11.2. The van der Waals surface area contributed by atoms with Crippen molar-refractivity contribution >= 4 is 64.8 Å². The number of rotatable bonds is 12. The number of nitrogens with two attached hydrogens (primary N) is 1. The minimum atomic E-state index is -0.548. The summed E-state index contributed by atoms with van der Waals surface area (Å²) in [4.78, 5) is 54.0. The Morgan fingerprint density at radius 2 is 1.75 bits per heavy atom. The second-order valence-corrected chi connectivity index (χ2v) is 13.3. The minimum absolute atomic E-state index is 0. The fraction of sp³-hybridized carbons (Fsp3) is 0.209. The van der Waals surface area contributed by atoms with E-state index >= 15 is 4.39 Å². The Hall–Kier alpha value is -6.53. The van der Waals surface area contributed by atoms with Crippen LogP contribution in [0.15, 0.2) is 84.0 Å². The van der Waals surface area contributed by atoms with Gasteiger partial charge in [0, 0.05) is 70.9 Å². The number of nitrogens with one attached hydrogen (secondary N) is 2. The van der Waals surface area contributed by atoms with E-state index in [2.05, 4.69) is 27.5 Å². The Morgan fingerprint density at radius 1 is 0.966 bits per heavy atom. The van der Waals surface area contributed by atoms with Crippen molar-refractivity contribution in [3.63, 3.8) is 0 Å². The predicted molar refractivity (Wildman–Crippen MR) is 227 cm³/mol. The third-order valence-electron chi connectivity index (χ3n) is 9.25. The highest BCUT2D eigenvalue weighted by molar-refractivity contribution is 6.31. The Morgan fingerprint density at radius 3 is 2.49 bits per heavy atom. The van der Waals surface area contributed by atoms with Crippen molar-refractivity contribution in [3.8, 4) is 34.6 Å². The van der Waals surface area contributed by atoms with Crippen LogP contribution < -0.4 is 30.7 Å². The summed E-state index contributed by atoms with van der Waals surface area (Å²) in [6.45, 7) is 0.501. The number of esters is 1. The quantitative estimate of drug-likeness (QED) is 0.0695. The second-order valence-electron chi connectivity index (χ2n) is 12.8. The van der Waals surface area contributed by atoms with Crippen molar-refractivity contribution in [2.45, 2.75) is 19.4 Å². The van der Waals surface area contributed by atoms with E-state index in [4.69, 9.17) is 41.5 Å². The van der Waals surface area contributed by atoms with Crippen molar-refractivity contribution < 1.29 is 33.0 Å². The summed E-state index contributed by atoms with van der Waals surface area (Å²) in [5, 5.41) is 6.48. The van der Waals surface area contributed by atoms with Crippen LogP contribution in [0.4, 0.5) is 21.7 Å². The van der Waals surface area contributed by atoms with Crippen LogP contribution in [0.1, 0.15) is 55.8 Å². The first-order chi connectivity index (χ1) is 28.1. The number of carbonyl (C=O) groups excluding carboxylic acids is 3. The summed E-state index contributed by atoms with van der Waals surface area (Å²) in [7, 11) is 5.83. The van der Waals surface area contributed by atoms with E-state index < -0.39 is 11.8 Å². The number of nitrogens with zero attached hydrogens (tertiary/aromatic N) is 4. The van der Waals surface area contributed by atoms with Crippen molar-refractivity contribution in [1.29, 1.82) is 0 Å². The molecule has 2 amide bonds. The maximum atomic E-state index is 15.3. The monoisotopic (exact) mass is 839 g/mol. The van der Waals surface area contributed by atoms with Crippen molar-refractivity contribution in [3.05, 3.63) is 123 Å². The minimum Gasteiger partial charge on any atom is -0.496 e. The van der Waals surface area contributed by atoms with Gasteiger partial charge in [-0.3, -0.25) is 14.6 Å². The first-order valence-corrected chi connectivity index (χ1v) is 18.4. The molecule has 304 valence electrons. The SMILES string of the molecule is COC(=O)c1ccc(N(C)C(=O)CCCNC(=O)c2ccc(Nc3ncc4c(n3)-c3ccc(Cl)cc3C(c3c(F)cccc3OC)=NC4)cc2OC)cc1C#CCN.Cl. The topological polar surface area (TPSA) is 170 Å². The molecule has 1 aliphatic rings. The molecule has 0 saturated carbocycles. The van der Waals surface area contributed by atoms with Gasteiger partial charge in [0.1, 0.15) is 17.3 Å². The Kier molecular flexibility index (Phi) is 14.6. The zero-order chi connectivity index (χ0) is 41.3. The molecule has 1 aliphatic heterocycles. The van der Waals surface area contributed by atoms with Crippen LogP contribution in [-0.4, -0.2) is 74.9 Å². The second kappa shape index (κ2) is 19.8. The summed E-state index contributed by atoms with van der Waals surface area (Å²) in [6, 6.07) is 19.6. The largest absolute Gasteiger partial charge is 0.496 e. The maximum Gasteiger partial charge on any atom is 0.339 e. The van der Waals surface area contributed by atoms with Gasteiger partial charge >= 0.3 is 5.97 Å². The van der Waals surface area contributed by atoms with E-state index in [0.29, 0.717) is 68.0 Å². The molecule has 4 aromatic carbocycles. The lowest BCUT2D eigenvalue weighted by atomic mass is 9.94. The molecule has 0 unspecified atom stereocenters. The third kappa shape index (κ3) is 9.78. The van der Waals surface area contributed by atoms with Crippen molar-refractivity contribution in [2.24, 2.45) is 10.7 Å². The van der Waals surface area contributed by atoms with Crippen molar-refractivity contribution in [2.75, 3.05) is 51.7 Å². The molecule has 0 aliphatic carbocycles. The number of halogens is 3. The fourth-order valence-corrected chi connectivity index (χ4v) is 6.49. The molecule has 0 atom stereocenters. The maximum absolute atomic E-state index is 15.3. The number of amides is 2. The summed E-state index contributed by atoms with van der Waals surface area (Å²) >= 11 is 6.44. The Bertz CT molecular complexity index is 2510. The number of hydrogen-bond donors (Lipinski definition) is 3. The predicted octanol–water partition coefficient (Wildman–Crippen LogP) is 6.74. The molecular weight excluding hydrogens is 800 g/mol. The van der Waals surface area contributed by atoms with E-state index in [1.54, 1.807) is 73.9 Å². The van der Waals surface area contributed by atoms with Crippen LogP contribution in [0, 0.1) is 17.7 Å². The molecule has 13 nitrogen and oxygen atoms in total. The van der Waals surface area contributed by atoms with Crippen molar-refractivity contribution in [1.82, 2.24) is 15.3 Å². The molecule has 1 aromatic heterocycles. The highest BCUT2D eigenvalue weighted by Gasteiger charge is 2.26. The zero-order valence-electron chi connectivity index (χ0n) is 32.5. The molecule has 0 radical (unpaired) electrons. The Balaban J connectivity index is 0.00000661. The first-order valence-electron chi connectivity index (χ1n) is 18.0. The van der Waals surface area contributed by atoms with Gasteiger partial charge in [-0.15, -0.1) is 12.4 Å². The molecule has 2 heterocycles. The number of methoxy groups -OCH3 is 3. The number of aromatic nitrogens is 2. The molecule has 59 heavy (non-hydrogen) atoms. The van der Waals surface area contributed by atoms with Crippen LogP contribution in [-0.2, 0) is 16.1 Å². The third-order valence-corrected chi connectivity index (χ3v) is 9.48. The zero-order valence-corrected chi connectivity index (χ0v) is 34.1. The lowest BCUT2D eigenvalue weighted by Crippen LogP contribution is -2.29. The van der Waals surface area contributed by atoms with E-state index in [1.165, 1.54) is 32.3 Å². The number of fused-ring (bicyclic) bond motifs is 3. The molecule has 6 rings (SSSR count). The van der Waals surface area contributed by atoms with Crippen LogP contribution in [0.3, 0.4) is 0 Å². The summed E-state index contributed by atoms with van der Waals surface area (Å²) in [5.41, 5.74) is 10.7. The van der Waals surface area contributed by atoms with Gasteiger partial charge in [-0.2, -0.15) is 0 Å². The van der Waals surface area contributed by atoms with Crippen LogP contribution in [0.2, 0.25) is 5.02 Å². The molecule has 5 aromatic rings. The van der Waals surface area contributed by atoms with Crippen LogP contribution in [0.5, 0.6) is 11.5 Å². The molecule has 4 N–H and O–H groups in total. The highest BCUT2D eigenvalue weighted by Crippen LogP contribution is 2.36. The smallest absolute Gasteiger partial charge is 0.339 e. The number of benzene rings is 4. The lowest BCUT2D eigenvalue weighted by Gasteiger charge is -2.18. The van der Waals surface area contributed by atoms with E-state index in [1.807, 2.05) is 6.07 Å². The van der Waals surface area contributed by atoms with Gasteiger partial charge in [-0.1, -0.05) is 35.6 Å². The number of ether oxygens (including phenoxy) is 3. The lowest BCUT2D eigenvalue weighted by molar-refractivity contribution is -0.118. The summed E-state index contributed by atoms with van der Waals surface area (Å²) in [5.74, 6) is 4.86. The summed E-state index contributed by atoms with van der Waals surface area (Å²) < 4.78 is 31.2. The van der Waals surface area contributed by atoms with E-state index in [9.17, 15) is 14.4 Å². The average molecular weight is 841 g/mol. The van der Waals surface area contributed by atoms with Gasteiger partial charge in [0.15, 0.2) is 0 Å². The first kappa shape index (κ1) is 43.6. The Labute approximate surface area is 351 Å². The number of anilines is 3. The van der Waals surface area contributed by atoms with Gasteiger partial charge in [0.05, 0.1) is 62.5 Å². The van der Waals surface area contributed by atoms with Gasteiger partial charge in [0.2, 0.25) is 11.9 Å². The number of hydrogen-bond acceptors (Lipinski definition) is 11. The molecule has 0 fully saturated rings. The van der Waals surface area contributed by atoms with Gasteiger partial charge < -0.3 is 35.5 Å². The van der Waals surface area contributed by atoms with Gasteiger partial charge in [-0.25, -0.2) is 19.2 Å². The van der Waals surface area contributed by atoms with Crippen LogP contribution in [0.25, 0.3) is 11.3 Å². The van der Waals surface area contributed by atoms with E-state index in [-0.39, 0.29) is 72.9 Å². The molecular formula is C43H40Cl2FN7O6. The van der Waals surface area contributed by atoms with Gasteiger partial charge in [-0.05, 0) is 61.0 Å². The molecule has 0 spiro atoms. The number of aliphatic imine (C=N–C) groups is 1. The summed E-state index contributed by atoms with van der Waals surface area (Å²) in [6.07, 6.45) is 2.16. The fourth-order valence-electron chi connectivity index (χ4n) is 6.31. The van der Waals surface area contributed by atoms with E-state index in [0.717, 1.165) is 0 Å². The van der Waals surface area contributed by atoms with Gasteiger partial charge in [0.25, 0.3) is 5.91 Å². The highest BCUT2D eigenvalue weighted by atomic mass is 35.5. The molecule has 0 bridgehead atoms.